The zero-order valence-corrected chi connectivity index (χ0v) is 10.8. The fourth-order valence-corrected chi connectivity index (χ4v) is 2.09. The number of nitrogens with zero attached hydrogens (tertiary/aromatic N) is 2. The highest BCUT2D eigenvalue weighted by Gasteiger charge is 2.09. The number of carboxylic acids is 1. The van der Waals surface area contributed by atoms with Crippen molar-refractivity contribution in [3.05, 3.63) is 59.1 Å². The Morgan fingerprint density at radius 3 is 2.80 bits per heavy atom. The second kappa shape index (κ2) is 4.61. The van der Waals surface area contributed by atoms with Gasteiger partial charge in [-0.05, 0) is 30.3 Å². The van der Waals surface area contributed by atoms with E-state index in [2.05, 4.69) is 4.98 Å². The lowest BCUT2D eigenvalue weighted by atomic mass is 10.2. The van der Waals surface area contributed by atoms with E-state index in [4.69, 9.17) is 16.7 Å². The van der Waals surface area contributed by atoms with E-state index in [1.165, 1.54) is 24.3 Å². The van der Waals surface area contributed by atoms with Gasteiger partial charge >= 0.3 is 5.97 Å². The Labute approximate surface area is 118 Å². The first-order valence-corrected chi connectivity index (χ1v) is 6.10. The minimum Gasteiger partial charge on any atom is -0.478 e. The monoisotopic (exact) mass is 290 g/mol. The maximum atomic E-state index is 13.1. The van der Waals surface area contributed by atoms with Gasteiger partial charge in [0.05, 0.1) is 16.3 Å². The van der Waals surface area contributed by atoms with Gasteiger partial charge in [-0.3, -0.25) is 0 Å². The normalized spacial score (nSPS) is 10.9. The molecule has 100 valence electrons. The number of hydrogen-bond donors (Lipinski definition) is 1. The molecule has 0 amide bonds. The number of rotatable bonds is 2. The Morgan fingerprint density at radius 2 is 2.10 bits per heavy atom. The van der Waals surface area contributed by atoms with Crippen molar-refractivity contribution in [1.29, 1.82) is 0 Å². The van der Waals surface area contributed by atoms with E-state index in [1.54, 1.807) is 22.9 Å². The van der Waals surface area contributed by atoms with Crippen LogP contribution in [0.25, 0.3) is 16.9 Å². The van der Waals surface area contributed by atoms with E-state index in [-0.39, 0.29) is 10.6 Å². The average Bonchev–Trinajstić information content (AvgIpc) is 2.84. The standard InChI is InChI=1S/C14H8ClFN2O2/c15-10-5-8(1-2-11(10)16)12-7-18-4-3-9(14(19)20)6-13(18)17-12/h1-7H,(H,19,20). The molecule has 0 aliphatic rings. The second-order valence-electron chi connectivity index (χ2n) is 4.24. The van der Waals surface area contributed by atoms with Crippen molar-refractivity contribution in [3.63, 3.8) is 0 Å². The van der Waals surface area contributed by atoms with E-state index >= 15 is 0 Å². The van der Waals surface area contributed by atoms with Crippen LogP contribution in [0.4, 0.5) is 4.39 Å². The number of imidazole rings is 1. The summed E-state index contributed by atoms with van der Waals surface area (Å²) in [6.07, 6.45) is 3.34. The Morgan fingerprint density at radius 1 is 1.30 bits per heavy atom. The first kappa shape index (κ1) is 12.6. The lowest BCUT2D eigenvalue weighted by Gasteiger charge is -1.97. The molecular weight excluding hydrogens is 283 g/mol. The maximum Gasteiger partial charge on any atom is 0.335 e. The largest absolute Gasteiger partial charge is 0.478 e. The number of pyridine rings is 1. The number of aromatic nitrogens is 2. The molecule has 20 heavy (non-hydrogen) atoms. The topological polar surface area (TPSA) is 54.6 Å². The molecule has 0 bridgehead atoms. The van der Waals surface area contributed by atoms with Crippen LogP contribution in [0.15, 0.2) is 42.7 Å². The van der Waals surface area contributed by atoms with Crippen LogP contribution in [0.1, 0.15) is 10.4 Å². The first-order valence-electron chi connectivity index (χ1n) is 5.72. The van der Waals surface area contributed by atoms with Crippen LogP contribution in [-0.2, 0) is 0 Å². The molecule has 0 atom stereocenters. The molecule has 0 aliphatic carbocycles. The minimum atomic E-state index is -1.01. The van der Waals surface area contributed by atoms with Crippen LogP contribution in [0.2, 0.25) is 5.02 Å². The SMILES string of the molecule is O=C(O)c1ccn2cc(-c3ccc(F)c(Cl)c3)nc2c1. The number of carbonyl (C=O) groups is 1. The molecule has 2 heterocycles. The molecule has 0 radical (unpaired) electrons. The van der Waals surface area contributed by atoms with Crippen LogP contribution >= 0.6 is 11.6 Å². The Kier molecular flexibility index (Phi) is 2.91. The summed E-state index contributed by atoms with van der Waals surface area (Å²) < 4.78 is 14.8. The van der Waals surface area contributed by atoms with Gasteiger partial charge in [0.25, 0.3) is 0 Å². The average molecular weight is 291 g/mol. The van der Waals surface area contributed by atoms with Crippen LogP contribution in [0.5, 0.6) is 0 Å². The summed E-state index contributed by atoms with van der Waals surface area (Å²) in [6, 6.07) is 7.28. The molecule has 0 unspecified atom stereocenters. The van der Waals surface area contributed by atoms with Gasteiger partial charge in [0.2, 0.25) is 0 Å². The smallest absolute Gasteiger partial charge is 0.335 e. The third kappa shape index (κ3) is 2.12. The van der Waals surface area contributed by atoms with Gasteiger partial charge in [-0.1, -0.05) is 11.6 Å². The van der Waals surface area contributed by atoms with Crippen molar-refractivity contribution in [1.82, 2.24) is 9.38 Å². The van der Waals surface area contributed by atoms with Gasteiger partial charge in [0.1, 0.15) is 11.5 Å². The van der Waals surface area contributed by atoms with Crippen molar-refractivity contribution in [2.24, 2.45) is 0 Å². The van der Waals surface area contributed by atoms with Crippen LogP contribution in [-0.4, -0.2) is 20.5 Å². The van der Waals surface area contributed by atoms with Crippen molar-refractivity contribution >= 4 is 23.2 Å². The maximum absolute atomic E-state index is 13.1. The number of benzene rings is 1. The minimum absolute atomic E-state index is 0.0192. The van der Waals surface area contributed by atoms with Crippen molar-refractivity contribution in [2.75, 3.05) is 0 Å². The molecule has 1 aromatic carbocycles. The van der Waals surface area contributed by atoms with E-state index in [9.17, 15) is 9.18 Å². The third-order valence-electron chi connectivity index (χ3n) is 2.92. The molecule has 3 rings (SSSR count). The van der Waals surface area contributed by atoms with Crippen LogP contribution in [0, 0.1) is 5.82 Å². The van der Waals surface area contributed by atoms with E-state index < -0.39 is 11.8 Å². The molecule has 4 nitrogen and oxygen atoms in total. The molecule has 0 fully saturated rings. The Hall–Kier alpha value is -2.40. The summed E-state index contributed by atoms with van der Waals surface area (Å²) in [6.45, 7) is 0. The Balaban J connectivity index is 2.12. The first-order chi connectivity index (χ1) is 9.54. The second-order valence-corrected chi connectivity index (χ2v) is 4.65. The van der Waals surface area contributed by atoms with Gasteiger partial charge < -0.3 is 9.51 Å². The van der Waals surface area contributed by atoms with Crippen molar-refractivity contribution in [3.8, 4) is 11.3 Å². The molecule has 3 aromatic rings. The number of carboxylic acid groups (broad SMARTS) is 1. The van der Waals surface area contributed by atoms with Crippen LogP contribution < -0.4 is 0 Å². The number of hydrogen-bond acceptors (Lipinski definition) is 2. The number of halogens is 2. The van der Waals surface area contributed by atoms with E-state index in [0.717, 1.165) is 0 Å². The quantitative estimate of drug-likeness (QED) is 0.786. The van der Waals surface area contributed by atoms with Crippen LogP contribution in [0.3, 0.4) is 0 Å². The van der Waals surface area contributed by atoms with Gasteiger partial charge in [0.15, 0.2) is 0 Å². The number of aromatic carboxylic acids is 1. The van der Waals surface area contributed by atoms with E-state index in [0.29, 0.717) is 16.9 Å². The summed E-state index contributed by atoms with van der Waals surface area (Å²) in [4.78, 5) is 15.2. The van der Waals surface area contributed by atoms with Gasteiger partial charge in [0, 0.05) is 18.0 Å². The fourth-order valence-electron chi connectivity index (χ4n) is 1.91. The molecule has 0 saturated carbocycles. The summed E-state index contributed by atoms with van der Waals surface area (Å²) >= 11 is 5.74. The van der Waals surface area contributed by atoms with Crippen molar-refractivity contribution < 1.29 is 14.3 Å². The zero-order valence-electron chi connectivity index (χ0n) is 10.0. The lowest BCUT2D eigenvalue weighted by molar-refractivity contribution is 0.0697. The summed E-state index contributed by atoms with van der Waals surface area (Å²) in [5, 5.41) is 8.96. The fraction of sp³-hybridized carbons (Fsp3) is 0. The summed E-state index contributed by atoms with van der Waals surface area (Å²) in [5.41, 5.74) is 1.92. The molecule has 0 spiro atoms. The highest BCUT2D eigenvalue weighted by Crippen LogP contribution is 2.24. The third-order valence-corrected chi connectivity index (χ3v) is 3.21. The molecule has 0 saturated heterocycles. The number of fused-ring (bicyclic) bond motifs is 1. The van der Waals surface area contributed by atoms with Gasteiger partial charge in [-0.2, -0.15) is 0 Å². The molecule has 6 heteroatoms. The lowest BCUT2D eigenvalue weighted by Crippen LogP contribution is -1.96. The molecule has 2 aromatic heterocycles. The molecule has 0 aliphatic heterocycles. The van der Waals surface area contributed by atoms with Crippen molar-refractivity contribution in [2.45, 2.75) is 0 Å². The van der Waals surface area contributed by atoms with Gasteiger partial charge in [-0.25, -0.2) is 14.2 Å². The predicted octanol–water partition coefficient (Wildman–Crippen LogP) is 3.49. The highest BCUT2D eigenvalue weighted by molar-refractivity contribution is 6.31. The zero-order chi connectivity index (χ0) is 14.3. The highest BCUT2D eigenvalue weighted by atomic mass is 35.5. The summed E-state index contributed by atoms with van der Waals surface area (Å²) in [7, 11) is 0. The van der Waals surface area contributed by atoms with Gasteiger partial charge in [-0.15, -0.1) is 0 Å². The molecule has 1 N–H and O–H groups in total. The summed E-state index contributed by atoms with van der Waals surface area (Å²) in [5.74, 6) is -1.51. The van der Waals surface area contributed by atoms with E-state index in [1.807, 2.05) is 0 Å². The Bertz CT molecular complexity index is 829. The predicted molar refractivity (Wildman–Crippen MR) is 72.6 cm³/mol. The molecular formula is C14H8ClFN2O2.